The van der Waals surface area contributed by atoms with E-state index in [-0.39, 0.29) is 24.4 Å². The molecular weight excluding hydrogens is 562 g/mol. The molecule has 2 amide bonds. The number of nitrogens with two attached hydrogens (primary N) is 1. The molecule has 0 bridgehead atoms. The highest BCUT2D eigenvalue weighted by Gasteiger charge is 2.39. The number of nitrogen functional groups attached to an aromatic ring is 1. The van der Waals surface area contributed by atoms with Crippen molar-refractivity contribution in [1.82, 2.24) is 24.4 Å². The molecule has 6 rings (SSSR count). The molecule has 1 aromatic carbocycles. The molecule has 1 aliphatic rings. The summed E-state index contributed by atoms with van der Waals surface area (Å²) in [6.45, 7) is 3.97. The van der Waals surface area contributed by atoms with Crippen molar-refractivity contribution in [3.63, 3.8) is 0 Å². The van der Waals surface area contributed by atoms with E-state index in [9.17, 15) is 9.59 Å². The number of aromatic nitrogens is 4. The Labute approximate surface area is 232 Å². The average Bonchev–Trinajstić information content (AvgIpc) is 3.63. The van der Waals surface area contributed by atoms with E-state index in [1.165, 1.54) is 6.33 Å². The topological polar surface area (TPSA) is 132 Å². The Bertz CT molecular complexity index is 1730. The minimum atomic E-state index is -0.602. The van der Waals surface area contributed by atoms with Gasteiger partial charge in [0.25, 0.3) is 0 Å². The maximum Gasteiger partial charge on any atom is 0.248 e. The molecule has 39 heavy (non-hydrogen) atoms. The van der Waals surface area contributed by atoms with E-state index in [1.807, 2.05) is 30.5 Å². The van der Waals surface area contributed by atoms with Crippen LogP contribution in [0.2, 0.25) is 0 Å². The molecule has 2 atom stereocenters. The summed E-state index contributed by atoms with van der Waals surface area (Å²) in [5.41, 5.74) is 10.6. The van der Waals surface area contributed by atoms with Gasteiger partial charge >= 0.3 is 0 Å². The van der Waals surface area contributed by atoms with Gasteiger partial charge < -0.3 is 24.9 Å². The normalized spacial score (nSPS) is 17.3. The Morgan fingerprint density at radius 3 is 2.79 bits per heavy atom. The number of pyridine rings is 1. The van der Waals surface area contributed by atoms with E-state index in [0.717, 1.165) is 34.0 Å². The molecule has 11 heteroatoms. The van der Waals surface area contributed by atoms with E-state index in [2.05, 4.69) is 42.3 Å². The number of fused-ring (bicyclic) bond motifs is 3. The van der Waals surface area contributed by atoms with Gasteiger partial charge in [0.05, 0.1) is 23.4 Å². The lowest BCUT2D eigenvalue weighted by atomic mass is 10.0. The number of hydrogen-bond acceptors (Lipinski definition) is 7. The number of nitrogens with one attached hydrogen (secondary N) is 1. The second kappa shape index (κ2) is 9.81. The SMILES string of the molecule is Cc1cc(-c2ccoc2)cc2c3c(N)ncnc3n(CC(=O)N3[C@H](C)CC[C@H]3C(=O)Nc3cccc(Br)n3)c12. The molecule has 0 radical (unpaired) electrons. The zero-order chi connectivity index (χ0) is 27.3. The molecule has 0 saturated carbocycles. The van der Waals surface area contributed by atoms with Gasteiger partial charge in [0.1, 0.15) is 40.8 Å². The summed E-state index contributed by atoms with van der Waals surface area (Å²) in [7, 11) is 0. The van der Waals surface area contributed by atoms with Crippen molar-refractivity contribution in [3.05, 3.63) is 65.4 Å². The lowest BCUT2D eigenvalue weighted by molar-refractivity contribution is -0.138. The van der Waals surface area contributed by atoms with Crippen LogP contribution < -0.4 is 11.1 Å². The molecule has 10 nitrogen and oxygen atoms in total. The fraction of sp³-hybridized carbons (Fsp3) is 0.250. The van der Waals surface area contributed by atoms with Gasteiger partial charge in [-0.2, -0.15) is 0 Å². The van der Waals surface area contributed by atoms with Crippen LogP contribution in [0.1, 0.15) is 25.3 Å². The van der Waals surface area contributed by atoms with Crippen LogP contribution in [0.5, 0.6) is 0 Å². The smallest absolute Gasteiger partial charge is 0.248 e. The van der Waals surface area contributed by atoms with Crippen LogP contribution in [0.4, 0.5) is 11.6 Å². The summed E-state index contributed by atoms with van der Waals surface area (Å²) in [6.07, 6.45) is 6.02. The number of benzene rings is 1. The minimum Gasteiger partial charge on any atom is -0.472 e. The van der Waals surface area contributed by atoms with E-state index in [0.29, 0.717) is 33.7 Å². The summed E-state index contributed by atoms with van der Waals surface area (Å²) < 4.78 is 7.79. The minimum absolute atomic E-state index is 0.00556. The van der Waals surface area contributed by atoms with E-state index in [1.54, 1.807) is 35.6 Å². The highest BCUT2D eigenvalue weighted by Crippen LogP contribution is 2.37. The monoisotopic (exact) mass is 587 g/mol. The first-order chi connectivity index (χ1) is 18.8. The molecule has 1 aliphatic heterocycles. The fourth-order valence-corrected chi connectivity index (χ4v) is 5.95. The molecular formula is C28H26BrN7O3. The summed E-state index contributed by atoms with van der Waals surface area (Å²) >= 11 is 3.33. The first-order valence-electron chi connectivity index (χ1n) is 12.6. The Morgan fingerprint density at radius 2 is 2.03 bits per heavy atom. The number of aryl methyl sites for hydroxylation is 1. The first-order valence-corrected chi connectivity index (χ1v) is 13.4. The van der Waals surface area contributed by atoms with E-state index >= 15 is 0 Å². The number of furan rings is 1. The first kappa shape index (κ1) is 25.1. The van der Waals surface area contributed by atoms with Crippen molar-refractivity contribution in [2.24, 2.45) is 0 Å². The summed E-state index contributed by atoms with van der Waals surface area (Å²) in [6, 6.07) is 10.6. The highest BCUT2D eigenvalue weighted by atomic mass is 79.9. The van der Waals surface area contributed by atoms with Crippen LogP contribution >= 0.6 is 15.9 Å². The number of amides is 2. The molecule has 1 saturated heterocycles. The third kappa shape index (κ3) is 4.42. The third-order valence-corrected chi connectivity index (χ3v) is 7.77. The van der Waals surface area contributed by atoms with Gasteiger partial charge in [-0.15, -0.1) is 0 Å². The molecule has 4 aromatic heterocycles. The summed E-state index contributed by atoms with van der Waals surface area (Å²) in [5.74, 6) is 0.345. The zero-order valence-corrected chi connectivity index (χ0v) is 23.0. The van der Waals surface area contributed by atoms with Crippen molar-refractivity contribution in [1.29, 1.82) is 0 Å². The molecule has 5 aromatic rings. The van der Waals surface area contributed by atoms with Gasteiger partial charge in [-0.1, -0.05) is 6.07 Å². The van der Waals surface area contributed by atoms with Gasteiger partial charge in [-0.05, 0) is 84.1 Å². The predicted molar refractivity (Wildman–Crippen MR) is 152 cm³/mol. The van der Waals surface area contributed by atoms with E-state index < -0.39 is 6.04 Å². The molecule has 0 aliphatic carbocycles. The largest absolute Gasteiger partial charge is 0.472 e. The van der Waals surface area contributed by atoms with Gasteiger partial charge in [0.15, 0.2) is 0 Å². The quantitative estimate of drug-likeness (QED) is 0.279. The van der Waals surface area contributed by atoms with Crippen molar-refractivity contribution in [2.75, 3.05) is 11.1 Å². The second-order valence-electron chi connectivity index (χ2n) is 9.82. The molecule has 0 unspecified atom stereocenters. The maximum absolute atomic E-state index is 13.9. The lowest BCUT2D eigenvalue weighted by Crippen LogP contribution is -2.47. The average molecular weight is 588 g/mol. The van der Waals surface area contributed by atoms with Crippen LogP contribution in [-0.4, -0.2) is 48.3 Å². The van der Waals surface area contributed by atoms with Gasteiger partial charge in [-0.3, -0.25) is 9.59 Å². The number of carbonyl (C=O) groups excluding carboxylic acids is 2. The molecule has 198 valence electrons. The number of likely N-dealkylation sites (tertiary alicyclic amines) is 1. The van der Waals surface area contributed by atoms with Gasteiger partial charge in [-0.25, -0.2) is 15.0 Å². The summed E-state index contributed by atoms with van der Waals surface area (Å²) in [4.78, 5) is 41.9. The number of hydrogen-bond donors (Lipinski definition) is 2. The Kier molecular flexibility index (Phi) is 6.30. The van der Waals surface area contributed by atoms with Crippen LogP contribution in [-0.2, 0) is 16.1 Å². The van der Waals surface area contributed by atoms with Crippen LogP contribution in [0, 0.1) is 6.92 Å². The molecule has 0 spiro atoms. The van der Waals surface area contributed by atoms with Crippen molar-refractivity contribution < 1.29 is 14.0 Å². The number of nitrogens with zero attached hydrogens (tertiary/aromatic N) is 5. The van der Waals surface area contributed by atoms with E-state index in [4.69, 9.17) is 10.2 Å². The Morgan fingerprint density at radius 1 is 1.18 bits per heavy atom. The summed E-state index contributed by atoms with van der Waals surface area (Å²) in [5, 5.41) is 4.41. The zero-order valence-electron chi connectivity index (χ0n) is 21.4. The van der Waals surface area contributed by atoms with Crippen LogP contribution in [0.15, 0.2) is 64.3 Å². The maximum atomic E-state index is 13.9. The third-order valence-electron chi connectivity index (χ3n) is 7.33. The predicted octanol–water partition coefficient (Wildman–Crippen LogP) is 4.91. The molecule has 1 fully saturated rings. The lowest BCUT2D eigenvalue weighted by Gasteiger charge is -2.28. The fourth-order valence-electron chi connectivity index (χ4n) is 5.60. The second-order valence-corrected chi connectivity index (χ2v) is 10.6. The highest BCUT2D eigenvalue weighted by molar-refractivity contribution is 9.10. The standard InChI is InChI=1S/C28H26BrN7O3/c1-15-10-18(17-8-9-39-13-17)11-19-24-26(30)31-14-32-27(24)35(25(15)19)12-23(37)36-16(2)6-7-20(36)28(38)34-22-5-3-4-21(29)33-22/h3-5,8-11,13-14,16,20H,6-7,12H2,1-2H3,(H2,30,31,32)(H,33,34,38)/t16-,20+/m1/s1. The Hall–Kier alpha value is -4.25. The van der Waals surface area contributed by atoms with Crippen molar-refractivity contribution in [2.45, 2.75) is 45.3 Å². The number of halogens is 1. The number of rotatable bonds is 5. The number of anilines is 2. The number of carbonyl (C=O) groups is 2. The molecule has 3 N–H and O–H groups in total. The van der Waals surface area contributed by atoms with Gasteiger partial charge in [0.2, 0.25) is 11.8 Å². The van der Waals surface area contributed by atoms with Gasteiger partial charge in [0, 0.05) is 17.0 Å². The van der Waals surface area contributed by atoms with Crippen molar-refractivity contribution in [3.8, 4) is 11.1 Å². The van der Waals surface area contributed by atoms with Crippen molar-refractivity contribution >= 4 is 61.3 Å². The Balaban J connectivity index is 1.38. The van der Waals surface area contributed by atoms with Crippen LogP contribution in [0.3, 0.4) is 0 Å². The van der Waals surface area contributed by atoms with Crippen LogP contribution in [0.25, 0.3) is 33.1 Å². The molecule has 5 heterocycles.